The number of benzene rings is 1. The molecule has 0 bridgehead atoms. The van der Waals surface area contributed by atoms with Gasteiger partial charge in [-0.05, 0) is 29.8 Å². The van der Waals surface area contributed by atoms with Gasteiger partial charge >= 0.3 is 5.97 Å². The predicted molar refractivity (Wildman–Crippen MR) is 114 cm³/mol. The summed E-state index contributed by atoms with van der Waals surface area (Å²) in [5, 5.41) is -0.211. The van der Waals surface area contributed by atoms with E-state index in [0.717, 1.165) is 23.3 Å². The topological polar surface area (TPSA) is 87.0 Å². The van der Waals surface area contributed by atoms with Gasteiger partial charge in [-0.15, -0.1) is 23.5 Å². The minimum Gasteiger partial charge on any atom is -0.493 e. The number of methoxy groups -OCH3 is 1. The van der Waals surface area contributed by atoms with E-state index in [1.54, 1.807) is 30.5 Å². The van der Waals surface area contributed by atoms with Gasteiger partial charge in [0, 0.05) is 24.0 Å². The van der Waals surface area contributed by atoms with Gasteiger partial charge in [-0.3, -0.25) is 4.40 Å². The molecular weight excluding hydrogens is 432 g/mol. The Morgan fingerprint density at radius 2 is 1.93 bits per heavy atom. The number of imidazole rings is 1. The van der Waals surface area contributed by atoms with Crippen LogP contribution in [-0.2, 0) is 9.84 Å². The molecule has 152 valence electrons. The molecule has 0 spiro atoms. The number of fused-ring (bicyclic) bond motifs is 1. The number of hydrogen-bond acceptors (Lipinski definition) is 8. The van der Waals surface area contributed by atoms with Gasteiger partial charge in [0.1, 0.15) is 0 Å². The minimum absolute atomic E-state index is 0.0703. The Hall–Kier alpha value is -2.17. The molecule has 0 N–H and O–H groups in total. The van der Waals surface area contributed by atoms with Gasteiger partial charge in [0.2, 0.25) is 15.0 Å². The van der Waals surface area contributed by atoms with Crippen molar-refractivity contribution in [2.75, 3.05) is 24.9 Å². The van der Waals surface area contributed by atoms with Crippen molar-refractivity contribution in [1.82, 2.24) is 9.38 Å². The summed E-state index contributed by atoms with van der Waals surface area (Å²) in [6.45, 7) is 0. The number of sulfone groups is 1. The van der Waals surface area contributed by atoms with Gasteiger partial charge < -0.3 is 9.47 Å². The van der Waals surface area contributed by atoms with Crippen LogP contribution in [-0.4, -0.2) is 48.6 Å². The molecule has 10 heteroatoms. The van der Waals surface area contributed by atoms with Gasteiger partial charge in [0.15, 0.2) is 17.2 Å². The zero-order chi connectivity index (χ0) is 20.6. The van der Waals surface area contributed by atoms with Crippen LogP contribution >= 0.6 is 23.5 Å². The summed E-state index contributed by atoms with van der Waals surface area (Å²) < 4.78 is 36.7. The van der Waals surface area contributed by atoms with E-state index < -0.39 is 15.8 Å². The number of pyridine rings is 1. The summed E-state index contributed by atoms with van der Waals surface area (Å²) in [6.07, 6.45) is 2.59. The van der Waals surface area contributed by atoms with E-state index in [1.165, 1.54) is 11.5 Å². The van der Waals surface area contributed by atoms with Crippen molar-refractivity contribution in [3.63, 3.8) is 0 Å². The number of thioether (sulfide) groups is 2. The fraction of sp³-hybridized carbons (Fsp3) is 0.263. The lowest BCUT2D eigenvalue weighted by atomic mass is 10.2. The normalized spacial score (nSPS) is 15.0. The van der Waals surface area contributed by atoms with E-state index in [0.29, 0.717) is 15.8 Å². The molecule has 7 nitrogen and oxygen atoms in total. The van der Waals surface area contributed by atoms with E-state index in [9.17, 15) is 13.2 Å². The molecular formula is C19H18N2O5S3. The largest absolute Gasteiger partial charge is 0.493 e. The maximum Gasteiger partial charge on any atom is 0.364 e. The van der Waals surface area contributed by atoms with Crippen LogP contribution in [0, 0.1) is 0 Å². The Balaban J connectivity index is 1.68. The summed E-state index contributed by atoms with van der Waals surface area (Å²) in [6, 6.07) is 10.5. The van der Waals surface area contributed by atoms with Crippen LogP contribution in [0.1, 0.15) is 20.6 Å². The van der Waals surface area contributed by atoms with Crippen molar-refractivity contribution < 1.29 is 22.7 Å². The number of esters is 1. The molecule has 29 heavy (non-hydrogen) atoms. The number of ether oxygens (including phenoxy) is 2. The molecule has 1 aliphatic heterocycles. The van der Waals surface area contributed by atoms with Crippen molar-refractivity contribution in [2.24, 2.45) is 0 Å². The zero-order valence-electron chi connectivity index (χ0n) is 15.7. The minimum atomic E-state index is -3.63. The Morgan fingerprint density at radius 3 is 2.62 bits per heavy atom. The molecule has 3 heterocycles. The highest BCUT2D eigenvalue weighted by Crippen LogP contribution is 2.47. The first-order chi connectivity index (χ1) is 13.9. The van der Waals surface area contributed by atoms with Crippen LogP contribution < -0.4 is 9.47 Å². The molecule has 1 fully saturated rings. The molecule has 2 aromatic heterocycles. The molecule has 0 atom stereocenters. The molecule has 0 radical (unpaired) electrons. The second kappa shape index (κ2) is 7.92. The van der Waals surface area contributed by atoms with Crippen LogP contribution in [0.25, 0.3) is 5.52 Å². The maximum absolute atomic E-state index is 12.8. The van der Waals surface area contributed by atoms with Crippen LogP contribution in [0.15, 0.2) is 47.8 Å². The molecule has 4 rings (SSSR count). The third-order valence-electron chi connectivity index (χ3n) is 4.33. The van der Waals surface area contributed by atoms with Crippen molar-refractivity contribution in [1.29, 1.82) is 0 Å². The number of hydrogen-bond donors (Lipinski definition) is 0. The molecule has 3 aromatic rings. The van der Waals surface area contributed by atoms with Gasteiger partial charge in [-0.2, -0.15) is 0 Å². The zero-order valence-corrected chi connectivity index (χ0v) is 18.1. The molecule has 0 amide bonds. The first-order valence-corrected chi connectivity index (χ1v) is 12.7. The second-order valence-corrected chi connectivity index (χ2v) is 11.0. The van der Waals surface area contributed by atoms with Crippen LogP contribution in [0.2, 0.25) is 0 Å². The highest BCUT2D eigenvalue weighted by molar-refractivity contribution is 8.19. The summed E-state index contributed by atoms with van der Waals surface area (Å²) in [7, 11) is -2.12. The molecule has 1 saturated heterocycles. The van der Waals surface area contributed by atoms with Crippen molar-refractivity contribution in [2.45, 2.75) is 9.74 Å². The van der Waals surface area contributed by atoms with Gasteiger partial charge in [-0.25, -0.2) is 18.2 Å². The average Bonchev–Trinajstić information content (AvgIpc) is 3.36. The number of carbonyl (C=O) groups excluding carboxylic acids is 1. The fourth-order valence-corrected chi connectivity index (χ4v) is 6.65. The van der Waals surface area contributed by atoms with Gasteiger partial charge in [0.25, 0.3) is 0 Å². The first-order valence-electron chi connectivity index (χ1n) is 8.69. The lowest BCUT2D eigenvalue weighted by Gasteiger charge is -2.13. The van der Waals surface area contributed by atoms with Crippen molar-refractivity contribution in [3.8, 4) is 11.5 Å². The van der Waals surface area contributed by atoms with Crippen molar-refractivity contribution in [3.05, 3.63) is 53.9 Å². The lowest BCUT2D eigenvalue weighted by Crippen LogP contribution is -2.11. The lowest BCUT2D eigenvalue weighted by molar-refractivity contribution is 0.0726. The summed E-state index contributed by atoms with van der Waals surface area (Å²) in [4.78, 5) is 16.9. The monoisotopic (exact) mass is 450 g/mol. The van der Waals surface area contributed by atoms with E-state index >= 15 is 0 Å². The number of carbonyl (C=O) groups is 1. The van der Waals surface area contributed by atoms with E-state index in [1.807, 2.05) is 35.7 Å². The highest BCUT2D eigenvalue weighted by Gasteiger charge is 2.25. The summed E-state index contributed by atoms with van der Waals surface area (Å²) >= 11 is 3.74. The fourth-order valence-electron chi connectivity index (χ4n) is 3.04. The molecule has 0 aliphatic carbocycles. The van der Waals surface area contributed by atoms with Gasteiger partial charge in [0.05, 0.1) is 17.2 Å². The molecule has 0 unspecified atom stereocenters. The summed E-state index contributed by atoms with van der Waals surface area (Å²) in [5.41, 5.74) is 1.38. The molecule has 1 aliphatic rings. The quantitative estimate of drug-likeness (QED) is 0.432. The van der Waals surface area contributed by atoms with E-state index in [4.69, 9.17) is 9.47 Å². The predicted octanol–water partition coefficient (Wildman–Crippen LogP) is 3.44. The summed E-state index contributed by atoms with van der Waals surface area (Å²) in [5.74, 6) is 2.15. The maximum atomic E-state index is 12.8. The smallest absolute Gasteiger partial charge is 0.364 e. The first kappa shape index (κ1) is 20.1. The third kappa shape index (κ3) is 3.96. The third-order valence-corrected chi connectivity index (χ3v) is 8.38. The van der Waals surface area contributed by atoms with E-state index in [-0.39, 0.29) is 16.6 Å². The average molecular weight is 451 g/mol. The second-order valence-electron chi connectivity index (χ2n) is 6.34. The molecule has 1 aromatic carbocycles. The highest BCUT2D eigenvalue weighted by atomic mass is 32.2. The number of rotatable bonds is 5. The Bertz CT molecular complexity index is 1180. The van der Waals surface area contributed by atoms with Crippen molar-refractivity contribution >= 4 is 44.8 Å². The van der Waals surface area contributed by atoms with Crippen LogP contribution in [0.4, 0.5) is 0 Å². The van der Waals surface area contributed by atoms with Gasteiger partial charge in [-0.1, -0.05) is 12.1 Å². The Morgan fingerprint density at radius 1 is 1.17 bits per heavy atom. The molecule has 0 saturated carbocycles. The number of aromatic nitrogens is 2. The SMILES string of the molecule is COc1cc(C2SCCS2)ccc1OC(=O)c1nc(S(C)(=O)=O)n2ccccc12. The van der Waals surface area contributed by atoms with Crippen LogP contribution in [0.5, 0.6) is 11.5 Å². The van der Waals surface area contributed by atoms with E-state index in [2.05, 4.69) is 4.98 Å². The Kier molecular flexibility index (Phi) is 5.50. The Labute approximate surface area is 176 Å². The standard InChI is InChI=1S/C19H18N2O5S3/c1-25-15-11-12(18-27-9-10-28-18)6-7-14(15)26-17(22)16-13-5-3-4-8-21(13)19(20-16)29(2,23)24/h3-8,11,18H,9-10H2,1-2H3. The number of nitrogens with zero attached hydrogens (tertiary/aromatic N) is 2. The van der Waals surface area contributed by atoms with Crippen LogP contribution in [0.3, 0.4) is 0 Å².